The second kappa shape index (κ2) is 13.6. The highest BCUT2D eigenvalue weighted by molar-refractivity contribution is 5.74. The molecule has 0 spiro atoms. The zero-order valence-electron chi connectivity index (χ0n) is 19.4. The molecule has 33 heavy (non-hydrogen) atoms. The molecule has 4 rings (SSSR count). The summed E-state index contributed by atoms with van der Waals surface area (Å²) in [6.45, 7) is 4.97. The first-order valence-electron chi connectivity index (χ1n) is 11.2. The standard InChI is InChI=1S/C12H18N4O.C7H7N3.C4H11NO/c1-2-9(6-17)14-5-8-3-4-10-11(8)15-7-16-12(10)13;8-7-5-2-1-3-6(5)9-4-10-7;1-2-4(5)3-6/h3,7,9,14,17H,2,4-6H2,1H3,(H2,13,15,16);1,3-4H,2H2,(H2,8,9,10);4,6H,2-3,5H2,1H3/t9-;;4-/m0.0/s1. The molecule has 2 atom stereocenters. The lowest BCUT2D eigenvalue weighted by atomic mass is 10.1. The Bertz CT molecular complexity index is 940. The van der Waals surface area contributed by atoms with Crippen LogP contribution in [0, 0.1) is 0 Å². The molecule has 0 aromatic carbocycles. The second-order valence-corrected chi connectivity index (χ2v) is 7.77. The Morgan fingerprint density at radius 3 is 2.21 bits per heavy atom. The fraction of sp³-hybridized carbons (Fsp3) is 0.478. The summed E-state index contributed by atoms with van der Waals surface area (Å²) in [5.74, 6) is 1.17. The van der Waals surface area contributed by atoms with Crippen LogP contribution in [0.25, 0.3) is 11.6 Å². The van der Waals surface area contributed by atoms with Gasteiger partial charge in [0, 0.05) is 29.8 Å². The molecular weight excluding hydrogens is 420 g/mol. The summed E-state index contributed by atoms with van der Waals surface area (Å²) in [5.41, 5.74) is 21.7. The molecule has 10 heteroatoms. The summed E-state index contributed by atoms with van der Waals surface area (Å²) in [4.78, 5) is 16.2. The van der Waals surface area contributed by atoms with Gasteiger partial charge in [0.25, 0.3) is 0 Å². The largest absolute Gasteiger partial charge is 0.395 e. The Balaban J connectivity index is 0.000000203. The van der Waals surface area contributed by atoms with Gasteiger partial charge in [-0.3, -0.25) is 0 Å². The number of aliphatic hydroxyl groups is 2. The molecule has 0 saturated heterocycles. The van der Waals surface area contributed by atoms with Crippen LogP contribution >= 0.6 is 0 Å². The number of allylic oxidation sites excluding steroid dienone is 2. The lowest BCUT2D eigenvalue weighted by Gasteiger charge is -2.14. The Morgan fingerprint density at radius 1 is 0.939 bits per heavy atom. The van der Waals surface area contributed by atoms with E-state index in [9.17, 15) is 0 Å². The van der Waals surface area contributed by atoms with Crippen molar-refractivity contribution in [3.05, 3.63) is 47.3 Å². The van der Waals surface area contributed by atoms with Gasteiger partial charge in [-0.15, -0.1) is 0 Å². The summed E-state index contributed by atoms with van der Waals surface area (Å²) in [5, 5.41) is 20.6. The average molecular weight is 457 g/mol. The van der Waals surface area contributed by atoms with Crippen molar-refractivity contribution >= 4 is 23.3 Å². The molecule has 2 aliphatic carbocycles. The topological polar surface area (TPSA) is 182 Å². The fourth-order valence-corrected chi connectivity index (χ4v) is 3.18. The van der Waals surface area contributed by atoms with E-state index >= 15 is 0 Å². The second-order valence-electron chi connectivity index (χ2n) is 7.77. The van der Waals surface area contributed by atoms with E-state index < -0.39 is 0 Å². The normalized spacial score (nSPS) is 14.8. The molecule has 2 heterocycles. The molecular formula is C23H36N8O2. The van der Waals surface area contributed by atoms with E-state index in [-0.39, 0.29) is 25.3 Å². The molecule has 0 radical (unpaired) electrons. The van der Waals surface area contributed by atoms with E-state index in [1.807, 2.05) is 26.0 Å². The van der Waals surface area contributed by atoms with E-state index in [2.05, 4.69) is 31.3 Å². The summed E-state index contributed by atoms with van der Waals surface area (Å²) < 4.78 is 0. The SMILES string of the molecule is CC[C@@H](CO)NCC1=CCc2c(N)ncnc21.CC[C@H](N)CO.Nc1ncnc2c1CC=C2. The number of hydrogen-bond donors (Lipinski definition) is 6. The van der Waals surface area contributed by atoms with Crippen LogP contribution in [-0.4, -0.2) is 62.0 Å². The quantitative estimate of drug-likeness (QED) is 0.347. The highest BCUT2D eigenvalue weighted by atomic mass is 16.3. The van der Waals surface area contributed by atoms with Gasteiger partial charge in [-0.25, -0.2) is 19.9 Å². The van der Waals surface area contributed by atoms with Gasteiger partial charge in [-0.2, -0.15) is 0 Å². The molecule has 0 fully saturated rings. The molecule has 0 unspecified atom stereocenters. The fourth-order valence-electron chi connectivity index (χ4n) is 3.18. The van der Waals surface area contributed by atoms with E-state index in [0.29, 0.717) is 18.2 Å². The molecule has 2 aliphatic rings. The molecule has 2 aromatic rings. The predicted octanol–water partition coefficient (Wildman–Crippen LogP) is 0.703. The summed E-state index contributed by atoms with van der Waals surface area (Å²) in [7, 11) is 0. The number of rotatable bonds is 7. The molecule has 0 aliphatic heterocycles. The summed E-state index contributed by atoms with van der Waals surface area (Å²) in [6.07, 6.45) is 12.5. The summed E-state index contributed by atoms with van der Waals surface area (Å²) >= 11 is 0. The van der Waals surface area contributed by atoms with Gasteiger partial charge < -0.3 is 32.7 Å². The van der Waals surface area contributed by atoms with Crippen LogP contribution in [0.4, 0.5) is 11.6 Å². The molecule has 0 saturated carbocycles. The zero-order chi connectivity index (χ0) is 24.2. The number of aliphatic hydroxyl groups excluding tert-OH is 2. The third-order valence-corrected chi connectivity index (χ3v) is 5.50. The summed E-state index contributed by atoms with van der Waals surface area (Å²) in [6, 6.07) is 0.129. The van der Waals surface area contributed by atoms with E-state index in [1.165, 1.54) is 12.7 Å². The van der Waals surface area contributed by atoms with Gasteiger partial charge in [0.2, 0.25) is 0 Å². The first kappa shape index (κ1) is 26.3. The predicted molar refractivity (Wildman–Crippen MR) is 132 cm³/mol. The molecule has 0 amide bonds. The van der Waals surface area contributed by atoms with Crippen molar-refractivity contribution in [1.82, 2.24) is 25.3 Å². The Hall–Kier alpha value is -2.92. The van der Waals surface area contributed by atoms with Gasteiger partial charge in [-0.1, -0.05) is 26.0 Å². The minimum Gasteiger partial charge on any atom is -0.395 e. The van der Waals surface area contributed by atoms with Crippen LogP contribution in [0.3, 0.4) is 0 Å². The van der Waals surface area contributed by atoms with Crippen LogP contribution in [0.5, 0.6) is 0 Å². The van der Waals surface area contributed by atoms with Crippen LogP contribution in [0.15, 0.2) is 24.8 Å². The third-order valence-electron chi connectivity index (χ3n) is 5.50. The maximum absolute atomic E-state index is 9.11. The van der Waals surface area contributed by atoms with Gasteiger partial charge in [-0.05, 0) is 37.3 Å². The zero-order valence-corrected chi connectivity index (χ0v) is 19.4. The molecule has 0 bridgehead atoms. The number of nitrogens with one attached hydrogen (secondary N) is 1. The number of aromatic nitrogens is 4. The van der Waals surface area contributed by atoms with Crippen molar-refractivity contribution < 1.29 is 10.2 Å². The molecule has 9 N–H and O–H groups in total. The van der Waals surface area contributed by atoms with Crippen molar-refractivity contribution in [3.63, 3.8) is 0 Å². The number of hydrogen-bond acceptors (Lipinski definition) is 10. The van der Waals surface area contributed by atoms with Crippen molar-refractivity contribution in [2.75, 3.05) is 31.2 Å². The Morgan fingerprint density at radius 2 is 1.64 bits per heavy atom. The number of nitrogen functional groups attached to an aromatic ring is 2. The van der Waals surface area contributed by atoms with Crippen LogP contribution in [-0.2, 0) is 12.8 Å². The van der Waals surface area contributed by atoms with Crippen molar-refractivity contribution in [2.24, 2.45) is 5.73 Å². The van der Waals surface area contributed by atoms with Gasteiger partial charge >= 0.3 is 0 Å². The minimum absolute atomic E-state index is 0.00926. The van der Waals surface area contributed by atoms with Gasteiger partial charge in [0.05, 0.1) is 24.6 Å². The van der Waals surface area contributed by atoms with Crippen molar-refractivity contribution in [1.29, 1.82) is 0 Å². The third kappa shape index (κ3) is 7.57. The smallest absolute Gasteiger partial charge is 0.130 e. The molecule has 2 aromatic heterocycles. The molecule has 10 nitrogen and oxygen atoms in total. The lowest BCUT2D eigenvalue weighted by molar-refractivity contribution is 0.243. The first-order valence-corrected chi connectivity index (χ1v) is 11.2. The number of nitrogens with zero attached hydrogens (tertiary/aromatic N) is 4. The monoisotopic (exact) mass is 456 g/mol. The van der Waals surface area contributed by atoms with Gasteiger partial charge in [0.1, 0.15) is 24.3 Å². The Kier molecular flexibility index (Phi) is 10.8. The lowest BCUT2D eigenvalue weighted by Crippen LogP contribution is -2.32. The van der Waals surface area contributed by atoms with Crippen molar-refractivity contribution in [2.45, 2.75) is 51.6 Å². The maximum atomic E-state index is 9.11. The van der Waals surface area contributed by atoms with Crippen molar-refractivity contribution in [3.8, 4) is 0 Å². The van der Waals surface area contributed by atoms with Crippen LogP contribution in [0.2, 0.25) is 0 Å². The van der Waals surface area contributed by atoms with Gasteiger partial charge in [0.15, 0.2) is 0 Å². The molecule has 180 valence electrons. The average Bonchev–Trinajstić information content (AvgIpc) is 3.49. The maximum Gasteiger partial charge on any atom is 0.130 e. The highest BCUT2D eigenvalue weighted by Crippen LogP contribution is 2.27. The first-order chi connectivity index (χ1) is 15.9. The van der Waals surface area contributed by atoms with E-state index in [1.54, 1.807) is 0 Å². The highest BCUT2D eigenvalue weighted by Gasteiger charge is 2.18. The Labute approximate surface area is 195 Å². The van der Waals surface area contributed by atoms with Crippen LogP contribution < -0.4 is 22.5 Å². The van der Waals surface area contributed by atoms with E-state index in [0.717, 1.165) is 53.8 Å². The number of nitrogens with two attached hydrogens (primary N) is 3. The number of anilines is 2. The van der Waals surface area contributed by atoms with E-state index in [4.69, 9.17) is 27.4 Å². The minimum atomic E-state index is -0.00926. The van der Waals surface area contributed by atoms with Crippen LogP contribution in [0.1, 0.15) is 49.2 Å². The number of fused-ring (bicyclic) bond motifs is 2.